The standard InChI is InChI=1S/C10H6BrCl2N/c11-6-4-8(13)10(14)5-2-1-3-7(12)9(5)6/h1-4H,14H2. The van der Waals surface area contributed by atoms with Crippen LogP contribution in [0.15, 0.2) is 28.7 Å². The summed E-state index contributed by atoms with van der Waals surface area (Å²) in [6, 6.07) is 7.32. The van der Waals surface area contributed by atoms with Crippen LogP contribution in [0, 0.1) is 0 Å². The molecule has 0 saturated carbocycles. The van der Waals surface area contributed by atoms with Gasteiger partial charge in [0.05, 0.1) is 10.7 Å². The summed E-state index contributed by atoms with van der Waals surface area (Å²) in [7, 11) is 0. The van der Waals surface area contributed by atoms with Crippen LogP contribution >= 0.6 is 39.1 Å². The van der Waals surface area contributed by atoms with Gasteiger partial charge in [0.15, 0.2) is 0 Å². The van der Waals surface area contributed by atoms with E-state index in [1.54, 1.807) is 6.07 Å². The number of hydrogen-bond acceptors (Lipinski definition) is 1. The SMILES string of the molecule is Nc1c(Cl)cc(Br)c2c(Cl)cccc12. The highest BCUT2D eigenvalue weighted by Crippen LogP contribution is 2.37. The molecular weight excluding hydrogens is 285 g/mol. The van der Waals surface area contributed by atoms with Gasteiger partial charge in [-0.1, -0.05) is 51.3 Å². The molecule has 0 aliphatic heterocycles. The minimum absolute atomic E-state index is 0.534. The van der Waals surface area contributed by atoms with Gasteiger partial charge in [-0.2, -0.15) is 0 Å². The zero-order chi connectivity index (χ0) is 10.3. The number of nitrogen functional groups attached to an aromatic ring is 1. The van der Waals surface area contributed by atoms with Crippen molar-refractivity contribution in [3.8, 4) is 0 Å². The predicted molar refractivity (Wildman–Crippen MR) is 66.1 cm³/mol. The number of benzene rings is 2. The zero-order valence-electron chi connectivity index (χ0n) is 7.02. The van der Waals surface area contributed by atoms with E-state index < -0.39 is 0 Å². The number of hydrogen-bond donors (Lipinski definition) is 1. The summed E-state index contributed by atoms with van der Waals surface area (Å²) in [5.41, 5.74) is 6.41. The van der Waals surface area contributed by atoms with Crippen LogP contribution in [0.3, 0.4) is 0 Å². The fourth-order valence-corrected chi connectivity index (χ4v) is 2.77. The fourth-order valence-electron chi connectivity index (χ4n) is 1.38. The second-order valence-corrected chi connectivity index (χ2v) is 4.59. The highest BCUT2D eigenvalue weighted by Gasteiger charge is 2.09. The molecule has 2 aromatic carbocycles. The molecule has 1 nitrogen and oxygen atoms in total. The van der Waals surface area contributed by atoms with Crippen LogP contribution in [0.25, 0.3) is 10.8 Å². The molecule has 4 heteroatoms. The Balaban J connectivity index is 3.02. The van der Waals surface area contributed by atoms with Crippen molar-refractivity contribution in [2.75, 3.05) is 5.73 Å². The lowest BCUT2D eigenvalue weighted by Gasteiger charge is -2.07. The van der Waals surface area contributed by atoms with Gasteiger partial charge in [-0.25, -0.2) is 0 Å². The summed E-state index contributed by atoms with van der Waals surface area (Å²) < 4.78 is 0.859. The van der Waals surface area contributed by atoms with Crippen LogP contribution in [-0.4, -0.2) is 0 Å². The first-order valence-corrected chi connectivity index (χ1v) is 5.48. The van der Waals surface area contributed by atoms with E-state index in [0.29, 0.717) is 15.7 Å². The molecule has 0 atom stereocenters. The van der Waals surface area contributed by atoms with Gasteiger partial charge < -0.3 is 5.73 Å². The Hall–Kier alpha value is -0.440. The van der Waals surface area contributed by atoms with Gasteiger partial charge >= 0.3 is 0 Å². The first-order chi connectivity index (χ1) is 6.61. The second-order valence-electron chi connectivity index (χ2n) is 2.92. The van der Waals surface area contributed by atoms with Crippen LogP contribution in [0.4, 0.5) is 5.69 Å². The largest absolute Gasteiger partial charge is 0.397 e. The maximum Gasteiger partial charge on any atom is 0.0653 e. The maximum absolute atomic E-state index is 6.06. The van der Waals surface area contributed by atoms with Gasteiger partial charge in [-0.3, -0.25) is 0 Å². The number of nitrogens with two attached hydrogens (primary N) is 1. The van der Waals surface area contributed by atoms with Crippen LogP contribution in [0.1, 0.15) is 0 Å². The molecule has 14 heavy (non-hydrogen) atoms. The molecule has 0 heterocycles. The minimum atomic E-state index is 0.534. The lowest BCUT2D eigenvalue weighted by atomic mass is 10.1. The molecular formula is C10H6BrCl2N. The fraction of sp³-hybridized carbons (Fsp3) is 0. The van der Waals surface area contributed by atoms with Crippen molar-refractivity contribution in [1.29, 1.82) is 0 Å². The Labute approximate surface area is 99.9 Å². The van der Waals surface area contributed by atoms with Crippen molar-refractivity contribution in [3.63, 3.8) is 0 Å². The third-order valence-corrected chi connectivity index (χ3v) is 3.31. The van der Waals surface area contributed by atoms with Crippen molar-refractivity contribution in [2.24, 2.45) is 0 Å². The molecule has 0 bridgehead atoms. The quantitative estimate of drug-likeness (QED) is 0.711. The normalized spacial score (nSPS) is 10.8. The Morgan fingerprint density at radius 3 is 2.57 bits per heavy atom. The van der Waals surface area contributed by atoms with E-state index in [1.807, 2.05) is 18.2 Å². The van der Waals surface area contributed by atoms with Crippen molar-refractivity contribution in [1.82, 2.24) is 0 Å². The highest BCUT2D eigenvalue weighted by atomic mass is 79.9. The summed E-state index contributed by atoms with van der Waals surface area (Å²) in [6.07, 6.45) is 0. The van der Waals surface area contributed by atoms with Crippen molar-refractivity contribution in [3.05, 3.63) is 38.8 Å². The molecule has 0 amide bonds. The minimum Gasteiger partial charge on any atom is -0.397 e. The van der Waals surface area contributed by atoms with Crippen LogP contribution in [0.5, 0.6) is 0 Å². The van der Waals surface area contributed by atoms with Gasteiger partial charge in [-0.05, 0) is 12.1 Å². The lowest BCUT2D eigenvalue weighted by molar-refractivity contribution is 1.69. The predicted octanol–water partition coefficient (Wildman–Crippen LogP) is 4.49. The third kappa shape index (κ3) is 1.48. The molecule has 0 radical (unpaired) electrons. The summed E-state index contributed by atoms with van der Waals surface area (Å²) >= 11 is 15.4. The van der Waals surface area contributed by atoms with E-state index in [4.69, 9.17) is 28.9 Å². The molecule has 0 aliphatic rings. The van der Waals surface area contributed by atoms with E-state index in [0.717, 1.165) is 15.2 Å². The highest BCUT2D eigenvalue weighted by molar-refractivity contribution is 9.10. The van der Waals surface area contributed by atoms with Crippen molar-refractivity contribution >= 4 is 55.6 Å². The molecule has 2 N–H and O–H groups in total. The van der Waals surface area contributed by atoms with E-state index in [-0.39, 0.29) is 0 Å². The smallest absolute Gasteiger partial charge is 0.0653 e. The topological polar surface area (TPSA) is 26.0 Å². The van der Waals surface area contributed by atoms with E-state index >= 15 is 0 Å². The van der Waals surface area contributed by atoms with Crippen LogP contribution in [0.2, 0.25) is 10.0 Å². The molecule has 2 rings (SSSR count). The molecule has 2 aromatic rings. The molecule has 0 fully saturated rings. The van der Waals surface area contributed by atoms with Crippen molar-refractivity contribution < 1.29 is 0 Å². The van der Waals surface area contributed by atoms with Crippen molar-refractivity contribution in [2.45, 2.75) is 0 Å². The molecule has 0 saturated heterocycles. The Kier molecular flexibility index (Phi) is 2.60. The average molecular weight is 291 g/mol. The number of halogens is 3. The Morgan fingerprint density at radius 2 is 1.86 bits per heavy atom. The Bertz CT molecular complexity index is 511. The summed E-state index contributed by atoms with van der Waals surface area (Å²) in [6.45, 7) is 0. The number of anilines is 1. The van der Waals surface area contributed by atoms with Gasteiger partial charge in [0, 0.05) is 20.3 Å². The van der Waals surface area contributed by atoms with Gasteiger partial charge in [0.2, 0.25) is 0 Å². The molecule has 0 aliphatic carbocycles. The van der Waals surface area contributed by atoms with Gasteiger partial charge in [0.25, 0.3) is 0 Å². The second kappa shape index (κ2) is 3.61. The molecule has 0 aromatic heterocycles. The molecule has 0 spiro atoms. The zero-order valence-corrected chi connectivity index (χ0v) is 10.1. The average Bonchev–Trinajstić information content (AvgIpc) is 2.14. The van der Waals surface area contributed by atoms with Crippen LogP contribution in [-0.2, 0) is 0 Å². The van der Waals surface area contributed by atoms with Gasteiger partial charge in [-0.15, -0.1) is 0 Å². The number of fused-ring (bicyclic) bond motifs is 1. The van der Waals surface area contributed by atoms with E-state index in [2.05, 4.69) is 15.9 Å². The Morgan fingerprint density at radius 1 is 1.14 bits per heavy atom. The summed E-state index contributed by atoms with van der Waals surface area (Å²) in [4.78, 5) is 0. The maximum atomic E-state index is 6.06. The van der Waals surface area contributed by atoms with Gasteiger partial charge in [0.1, 0.15) is 0 Å². The monoisotopic (exact) mass is 289 g/mol. The first-order valence-electron chi connectivity index (χ1n) is 3.93. The molecule has 0 unspecified atom stereocenters. The van der Waals surface area contributed by atoms with Crippen LogP contribution < -0.4 is 5.73 Å². The first kappa shape index (κ1) is 10.1. The molecule has 72 valence electrons. The van der Waals surface area contributed by atoms with E-state index in [1.165, 1.54) is 0 Å². The summed E-state index contributed by atoms with van der Waals surface area (Å²) in [5.74, 6) is 0. The number of rotatable bonds is 0. The lowest BCUT2D eigenvalue weighted by Crippen LogP contribution is -1.89. The summed E-state index contributed by atoms with van der Waals surface area (Å²) in [5, 5.41) is 2.97. The third-order valence-electron chi connectivity index (χ3n) is 2.05. The van der Waals surface area contributed by atoms with E-state index in [9.17, 15) is 0 Å².